The maximum absolute atomic E-state index is 12.9. The van der Waals surface area contributed by atoms with Crippen LogP contribution in [0.3, 0.4) is 0 Å². The topological polar surface area (TPSA) is 49.6 Å². The average molecular weight is 370 g/mol. The molecule has 0 bridgehead atoms. The van der Waals surface area contributed by atoms with Crippen LogP contribution in [0.15, 0.2) is 34.9 Å². The van der Waals surface area contributed by atoms with Gasteiger partial charge in [0.2, 0.25) is 11.8 Å². The van der Waals surface area contributed by atoms with Crippen molar-refractivity contribution < 1.29 is 9.32 Å². The first kappa shape index (κ1) is 19.5. The Morgan fingerprint density at radius 2 is 1.85 bits per heavy atom. The number of carbonyl (C=O) groups excluding carboxylic acids is 1. The van der Waals surface area contributed by atoms with Gasteiger partial charge in [0.05, 0.1) is 12.1 Å². The summed E-state index contributed by atoms with van der Waals surface area (Å²) in [7, 11) is 0. The quantitative estimate of drug-likeness (QED) is 0.641. The molecule has 146 valence electrons. The molecule has 1 fully saturated rings. The second kappa shape index (κ2) is 8.59. The number of nitrogens with zero attached hydrogens (tertiary/aromatic N) is 3. The molecule has 27 heavy (non-hydrogen) atoms. The molecular formula is C22H31N3O2. The third-order valence-corrected chi connectivity index (χ3v) is 5.08. The molecule has 0 N–H and O–H groups in total. The van der Waals surface area contributed by atoms with Gasteiger partial charge in [0, 0.05) is 31.1 Å². The maximum atomic E-state index is 12.9. The molecule has 0 radical (unpaired) electrons. The Labute approximate surface area is 162 Å². The van der Waals surface area contributed by atoms with E-state index in [1.165, 1.54) is 0 Å². The van der Waals surface area contributed by atoms with Crippen molar-refractivity contribution >= 4 is 11.8 Å². The Bertz CT molecular complexity index is 746. The normalized spacial score (nSPS) is 13.8. The lowest BCUT2D eigenvalue weighted by Gasteiger charge is -2.25. The van der Waals surface area contributed by atoms with Gasteiger partial charge in [-0.05, 0) is 32.6 Å². The predicted molar refractivity (Wildman–Crippen MR) is 109 cm³/mol. The first-order valence-electron chi connectivity index (χ1n) is 10.1. The lowest BCUT2D eigenvalue weighted by molar-refractivity contribution is -0.133. The van der Waals surface area contributed by atoms with Gasteiger partial charge in [0.25, 0.3) is 0 Å². The van der Waals surface area contributed by atoms with Crippen molar-refractivity contribution in [2.45, 2.75) is 59.5 Å². The second-order valence-corrected chi connectivity index (χ2v) is 7.70. The molecule has 1 aliphatic carbocycles. The largest absolute Gasteiger partial charge is 0.341 e. The summed E-state index contributed by atoms with van der Waals surface area (Å²) in [4.78, 5) is 17.1. The number of anilines is 1. The number of carbonyl (C=O) groups is 1. The van der Waals surface area contributed by atoms with Crippen LogP contribution in [-0.2, 0) is 11.3 Å². The molecule has 2 aromatic rings. The molecule has 1 heterocycles. The van der Waals surface area contributed by atoms with Crippen molar-refractivity contribution in [1.29, 1.82) is 0 Å². The molecule has 1 saturated carbocycles. The van der Waals surface area contributed by atoms with Gasteiger partial charge in [-0.3, -0.25) is 4.79 Å². The van der Waals surface area contributed by atoms with E-state index in [1.54, 1.807) is 0 Å². The molecule has 0 saturated heterocycles. The zero-order chi connectivity index (χ0) is 19.4. The van der Waals surface area contributed by atoms with Crippen LogP contribution < -0.4 is 4.90 Å². The fraction of sp³-hybridized carbons (Fsp3) is 0.545. The van der Waals surface area contributed by atoms with Crippen LogP contribution in [0.4, 0.5) is 5.88 Å². The third kappa shape index (κ3) is 4.52. The standard InChI is InChI=1S/C22H31N3O2/c1-5-24(6-2)22-19(21(23-27-22)17-10-8-7-9-11-17)15-25(18-12-13-18)20(26)14-16(3)4/h7-11,16,18H,5-6,12-15H2,1-4H3. The molecular weight excluding hydrogens is 338 g/mol. The van der Waals surface area contributed by atoms with E-state index in [-0.39, 0.29) is 5.91 Å². The van der Waals surface area contributed by atoms with Crippen LogP contribution in [-0.4, -0.2) is 35.1 Å². The molecule has 5 heteroatoms. The number of hydrogen-bond donors (Lipinski definition) is 0. The maximum Gasteiger partial charge on any atom is 0.232 e. The highest BCUT2D eigenvalue weighted by Gasteiger charge is 2.35. The van der Waals surface area contributed by atoms with E-state index >= 15 is 0 Å². The Balaban J connectivity index is 1.98. The minimum Gasteiger partial charge on any atom is -0.341 e. The van der Waals surface area contributed by atoms with Crippen molar-refractivity contribution in [2.24, 2.45) is 5.92 Å². The Morgan fingerprint density at radius 1 is 1.19 bits per heavy atom. The van der Waals surface area contributed by atoms with E-state index in [0.29, 0.717) is 24.9 Å². The highest BCUT2D eigenvalue weighted by atomic mass is 16.5. The molecule has 1 aromatic heterocycles. The molecule has 1 amide bonds. The summed E-state index contributed by atoms with van der Waals surface area (Å²) >= 11 is 0. The summed E-state index contributed by atoms with van der Waals surface area (Å²) in [6.07, 6.45) is 2.77. The minimum absolute atomic E-state index is 0.234. The lowest BCUT2D eigenvalue weighted by atomic mass is 10.1. The van der Waals surface area contributed by atoms with E-state index in [1.807, 2.05) is 35.2 Å². The SMILES string of the molecule is CCN(CC)c1onc(-c2ccccc2)c1CN(C(=O)CC(C)C)C1CC1. The molecule has 0 aliphatic heterocycles. The number of amides is 1. The van der Waals surface area contributed by atoms with E-state index in [4.69, 9.17) is 4.52 Å². The Hall–Kier alpha value is -2.30. The predicted octanol–water partition coefficient (Wildman–Crippen LogP) is 4.72. The average Bonchev–Trinajstić information content (AvgIpc) is 3.41. The fourth-order valence-electron chi connectivity index (χ4n) is 3.47. The first-order chi connectivity index (χ1) is 13.0. The summed E-state index contributed by atoms with van der Waals surface area (Å²) in [5.74, 6) is 1.39. The van der Waals surface area contributed by atoms with E-state index in [0.717, 1.165) is 48.6 Å². The monoisotopic (exact) mass is 369 g/mol. The van der Waals surface area contributed by atoms with Crippen molar-refractivity contribution in [1.82, 2.24) is 10.1 Å². The smallest absolute Gasteiger partial charge is 0.232 e. The van der Waals surface area contributed by atoms with Crippen LogP contribution >= 0.6 is 0 Å². The minimum atomic E-state index is 0.234. The highest BCUT2D eigenvalue weighted by molar-refractivity contribution is 5.78. The Morgan fingerprint density at radius 3 is 2.41 bits per heavy atom. The molecule has 1 aromatic carbocycles. The third-order valence-electron chi connectivity index (χ3n) is 5.08. The summed E-state index contributed by atoms with van der Waals surface area (Å²) in [5, 5.41) is 4.40. The number of benzene rings is 1. The van der Waals surface area contributed by atoms with Gasteiger partial charge in [-0.15, -0.1) is 0 Å². The first-order valence-corrected chi connectivity index (χ1v) is 10.1. The zero-order valence-corrected chi connectivity index (χ0v) is 16.9. The van der Waals surface area contributed by atoms with Gasteiger partial charge in [-0.25, -0.2) is 0 Å². The lowest BCUT2D eigenvalue weighted by Crippen LogP contribution is -2.34. The Kier molecular flexibility index (Phi) is 6.19. The summed E-state index contributed by atoms with van der Waals surface area (Å²) < 4.78 is 5.79. The van der Waals surface area contributed by atoms with Crippen LogP contribution in [0, 0.1) is 5.92 Å². The number of hydrogen-bond acceptors (Lipinski definition) is 4. The second-order valence-electron chi connectivity index (χ2n) is 7.70. The van der Waals surface area contributed by atoms with Gasteiger partial charge in [0.1, 0.15) is 5.69 Å². The van der Waals surface area contributed by atoms with Gasteiger partial charge >= 0.3 is 0 Å². The van der Waals surface area contributed by atoms with Crippen LogP contribution in [0.5, 0.6) is 0 Å². The molecule has 0 spiro atoms. The molecule has 3 rings (SSSR count). The van der Waals surface area contributed by atoms with Crippen molar-refractivity contribution in [2.75, 3.05) is 18.0 Å². The number of rotatable bonds is 9. The fourth-order valence-corrected chi connectivity index (χ4v) is 3.47. The van der Waals surface area contributed by atoms with E-state index in [2.05, 4.69) is 37.8 Å². The van der Waals surface area contributed by atoms with Crippen molar-refractivity contribution in [3.05, 3.63) is 35.9 Å². The van der Waals surface area contributed by atoms with Gasteiger partial charge in [-0.1, -0.05) is 49.3 Å². The molecule has 5 nitrogen and oxygen atoms in total. The number of aromatic nitrogens is 1. The van der Waals surface area contributed by atoms with Crippen molar-refractivity contribution in [3.63, 3.8) is 0 Å². The van der Waals surface area contributed by atoms with Crippen LogP contribution in [0.1, 0.15) is 52.5 Å². The highest BCUT2D eigenvalue weighted by Crippen LogP contribution is 2.36. The van der Waals surface area contributed by atoms with Gasteiger partial charge in [0.15, 0.2) is 0 Å². The van der Waals surface area contributed by atoms with Crippen LogP contribution in [0.25, 0.3) is 11.3 Å². The van der Waals surface area contributed by atoms with Crippen molar-refractivity contribution in [3.8, 4) is 11.3 Å². The molecule has 0 atom stereocenters. The summed E-state index contributed by atoms with van der Waals surface area (Å²) in [6.45, 7) is 10.7. The molecule has 1 aliphatic rings. The summed E-state index contributed by atoms with van der Waals surface area (Å²) in [6, 6.07) is 10.5. The van der Waals surface area contributed by atoms with E-state index < -0.39 is 0 Å². The van der Waals surface area contributed by atoms with Crippen LogP contribution in [0.2, 0.25) is 0 Å². The zero-order valence-electron chi connectivity index (χ0n) is 16.9. The van der Waals surface area contributed by atoms with E-state index in [9.17, 15) is 4.79 Å². The summed E-state index contributed by atoms with van der Waals surface area (Å²) in [5.41, 5.74) is 2.90. The van der Waals surface area contributed by atoms with Gasteiger partial charge < -0.3 is 14.3 Å². The molecule has 0 unspecified atom stereocenters. The van der Waals surface area contributed by atoms with Gasteiger partial charge in [-0.2, -0.15) is 0 Å².